The van der Waals surface area contributed by atoms with Crippen molar-refractivity contribution in [3.63, 3.8) is 0 Å². The zero-order valence-electron chi connectivity index (χ0n) is 9.81. The molecular formula is C13H18ClNO2. The summed E-state index contributed by atoms with van der Waals surface area (Å²) in [7, 11) is 0. The van der Waals surface area contributed by atoms with Gasteiger partial charge in [0, 0.05) is 30.8 Å². The van der Waals surface area contributed by atoms with Gasteiger partial charge >= 0.3 is 0 Å². The second-order valence-electron chi connectivity index (χ2n) is 4.23. The number of hydrogen-bond donors (Lipinski definition) is 1. The Balaban J connectivity index is 2.15. The van der Waals surface area contributed by atoms with Gasteiger partial charge in [-0.2, -0.15) is 0 Å². The molecule has 4 heteroatoms. The highest BCUT2D eigenvalue weighted by Gasteiger charge is 2.22. The predicted octanol–water partition coefficient (Wildman–Crippen LogP) is 2.10. The summed E-state index contributed by atoms with van der Waals surface area (Å²) in [4.78, 5) is 2.35. The minimum absolute atomic E-state index is 0.189. The van der Waals surface area contributed by atoms with Gasteiger partial charge in [-0.3, -0.25) is 4.90 Å². The van der Waals surface area contributed by atoms with Crippen molar-refractivity contribution in [2.24, 2.45) is 0 Å². The van der Waals surface area contributed by atoms with Crippen LogP contribution in [0.25, 0.3) is 0 Å². The van der Waals surface area contributed by atoms with Gasteiger partial charge in [-0.05, 0) is 24.1 Å². The lowest BCUT2D eigenvalue weighted by Crippen LogP contribution is -2.39. The molecule has 1 aromatic carbocycles. The smallest absolute Gasteiger partial charge is 0.0594 e. The van der Waals surface area contributed by atoms with E-state index in [0.717, 1.165) is 37.7 Å². The van der Waals surface area contributed by atoms with Gasteiger partial charge in [0.1, 0.15) is 0 Å². The van der Waals surface area contributed by atoms with Crippen LogP contribution >= 0.6 is 11.6 Å². The number of morpholine rings is 1. The third kappa shape index (κ3) is 3.42. The molecule has 1 heterocycles. The van der Waals surface area contributed by atoms with Crippen LogP contribution in [0, 0.1) is 0 Å². The quantitative estimate of drug-likeness (QED) is 0.894. The molecule has 0 amide bonds. The average Bonchev–Trinajstić information content (AvgIpc) is 2.37. The molecule has 1 saturated heterocycles. The first-order chi connectivity index (χ1) is 8.31. The van der Waals surface area contributed by atoms with Crippen molar-refractivity contribution in [3.8, 4) is 0 Å². The molecular weight excluding hydrogens is 238 g/mol. The zero-order chi connectivity index (χ0) is 12.1. The molecule has 3 nitrogen and oxygen atoms in total. The molecule has 1 aliphatic rings. The number of rotatable bonds is 4. The Bertz CT molecular complexity index is 353. The Morgan fingerprint density at radius 2 is 2.12 bits per heavy atom. The normalized spacial score (nSPS) is 19.2. The van der Waals surface area contributed by atoms with E-state index in [2.05, 4.69) is 11.0 Å². The van der Waals surface area contributed by atoms with Gasteiger partial charge in [0.15, 0.2) is 0 Å². The van der Waals surface area contributed by atoms with E-state index < -0.39 is 0 Å². The fraction of sp³-hybridized carbons (Fsp3) is 0.538. The molecule has 17 heavy (non-hydrogen) atoms. The minimum Gasteiger partial charge on any atom is -0.396 e. The minimum atomic E-state index is 0.189. The first-order valence-electron chi connectivity index (χ1n) is 5.99. The molecule has 1 atom stereocenters. The summed E-state index contributed by atoms with van der Waals surface area (Å²) in [6.07, 6.45) is 0.736. The summed E-state index contributed by atoms with van der Waals surface area (Å²) in [5, 5.41) is 9.96. The lowest BCUT2D eigenvalue weighted by molar-refractivity contribution is 0.0107. The topological polar surface area (TPSA) is 32.7 Å². The maximum absolute atomic E-state index is 9.21. The maximum atomic E-state index is 9.21. The van der Waals surface area contributed by atoms with Gasteiger partial charge in [-0.15, -0.1) is 0 Å². The van der Waals surface area contributed by atoms with Crippen LogP contribution in [0.2, 0.25) is 5.02 Å². The summed E-state index contributed by atoms with van der Waals surface area (Å²) in [5.74, 6) is 0. The number of nitrogens with zero attached hydrogens (tertiary/aromatic N) is 1. The summed E-state index contributed by atoms with van der Waals surface area (Å²) in [6, 6.07) is 8.13. The van der Waals surface area contributed by atoms with Gasteiger partial charge in [-0.1, -0.05) is 23.7 Å². The molecule has 1 aliphatic heterocycles. The van der Waals surface area contributed by atoms with Crippen LogP contribution in [-0.2, 0) is 4.74 Å². The lowest BCUT2D eigenvalue weighted by atomic mass is 10.0. The summed E-state index contributed by atoms with van der Waals surface area (Å²) < 4.78 is 5.36. The standard InChI is InChI=1S/C13H18ClNO2/c14-12-3-1-2-11(10-12)13(4-7-16)15-5-8-17-9-6-15/h1-3,10,13,16H,4-9H2. The number of aliphatic hydroxyl groups excluding tert-OH is 1. The molecule has 2 rings (SSSR count). The van der Waals surface area contributed by atoms with Crippen molar-refractivity contribution in [1.82, 2.24) is 4.90 Å². The first kappa shape index (κ1) is 12.8. The van der Waals surface area contributed by atoms with E-state index in [0.29, 0.717) is 0 Å². The van der Waals surface area contributed by atoms with Gasteiger partial charge in [0.2, 0.25) is 0 Å². The summed E-state index contributed by atoms with van der Waals surface area (Å²) >= 11 is 6.02. The first-order valence-corrected chi connectivity index (χ1v) is 6.37. The van der Waals surface area contributed by atoms with E-state index in [1.54, 1.807) is 0 Å². The zero-order valence-corrected chi connectivity index (χ0v) is 10.6. The van der Waals surface area contributed by atoms with Gasteiger partial charge < -0.3 is 9.84 Å². The molecule has 0 bridgehead atoms. The highest BCUT2D eigenvalue weighted by atomic mass is 35.5. The molecule has 0 aliphatic carbocycles. The van der Waals surface area contributed by atoms with E-state index in [-0.39, 0.29) is 12.6 Å². The van der Waals surface area contributed by atoms with Crippen molar-refractivity contribution in [2.45, 2.75) is 12.5 Å². The third-order valence-electron chi connectivity index (χ3n) is 3.12. The second-order valence-corrected chi connectivity index (χ2v) is 4.67. The maximum Gasteiger partial charge on any atom is 0.0594 e. The Morgan fingerprint density at radius 3 is 2.76 bits per heavy atom. The Hall–Kier alpha value is -0.610. The summed E-state index contributed by atoms with van der Waals surface area (Å²) in [5.41, 5.74) is 1.17. The van der Waals surface area contributed by atoms with Gasteiger partial charge in [0.05, 0.1) is 13.2 Å². The summed E-state index contributed by atoms with van der Waals surface area (Å²) in [6.45, 7) is 3.55. The molecule has 1 aromatic rings. The van der Waals surface area contributed by atoms with E-state index in [4.69, 9.17) is 16.3 Å². The average molecular weight is 256 g/mol. The van der Waals surface area contributed by atoms with Crippen LogP contribution in [0.5, 0.6) is 0 Å². The number of ether oxygens (including phenoxy) is 1. The number of aliphatic hydroxyl groups is 1. The van der Waals surface area contributed by atoms with Crippen molar-refractivity contribution in [3.05, 3.63) is 34.9 Å². The predicted molar refractivity (Wildman–Crippen MR) is 68.3 cm³/mol. The van der Waals surface area contributed by atoms with Crippen LogP contribution < -0.4 is 0 Å². The Kier molecular flexibility index (Phi) is 4.80. The number of halogens is 1. The van der Waals surface area contributed by atoms with Crippen molar-refractivity contribution in [1.29, 1.82) is 0 Å². The fourth-order valence-electron chi connectivity index (χ4n) is 2.29. The highest BCUT2D eigenvalue weighted by Crippen LogP contribution is 2.26. The van der Waals surface area contributed by atoms with E-state index >= 15 is 0 Å². The van der Waals surface area contributed by atoms with Gasteiger partial charge in [-0.25, -0.2) is 0 Å². The van der Waals surface area contributed by atoms with E-state index in [1.807, 2.05) is 18.2 Å². The van der Waals surface area contributed by atoms with Gasteiger partial charge in [0.25, 0.3) is 0 Å². The van der Waals surface area contributed by atoms with Crippen LogP contribution in [0.3, 0.4) is 0 Å². The van der Waals surface area contributed by atoms with Crippen LogP contribution in [0.4, 0.5) is 0 Å². The largest absolute Gasteiger partial charge is 0.396 e. The molecule has 1 N–H and O–H groups in total. The monoisotopic (exact) mass is 255 g/mol. The molecule has 0 saturated carbocycles. The van der Waals surface area contributed by atoms with Crippen LogP contribution in [0.1, 0.15) is 18.0 Å². The highest BCUT2D eigenvalue weighted by molar-refractivity contribution is 6.30. The Morgan fingerprint density at radius 1 is 1.35 bits per heavy atom. The molecule has 0 spiro atoms. The second kappa shape index (κ2) is 6.36. The van der Waals surface area contributed by atoms with E-state index in [1.165, 1.54) is 5.56 Å². The van der Waals surface area contributed by atoms with Crippen molar-refractivity contribution in [2.75, 3.05) is 32.9 Å². The van der Waals surface area contributed by atoms with E-state index in [9.17, 15) is 5.11 Å². The van der Waals surface area contributed by atoms with Crippen LogP contribution in [0.15, 0.2) is 24.3 Å². The molecule has 94 valence electrons. The third-order valence-corrected chi connectivity index (χ3v) is 3.36. The number of hydrogen-bond acceptors (Lipinski definition) is 3. The molecule has 1 fully saturated rings. The Labute approximate surface area is 107 Å². The van der Waals surface area contributed by atoms with Crippen LogP contribution in [-0.4, -0.2) is 42.9 Å². The van der Waals surface area contributed by atoms with Crippen molar-refractivity contribution >= 4 is 11.6 Å². The fourth-order valence-corrected chi connectivity index (χ4v) is 2.48. The lowest BCUT2D eigenvalue weighted by Gasteiger charge is -2.34. The number of benzene rings is 1. The molecule has 0 radical (unpaired) electrons. The molecule has 1 unspecified atom stereocenters. The van der Waals surface area contributed by atoms with Crippen molar-refractivity contribution < 1.29 is 9.84 Å². The SMILES string of the molecule is OCCC(c1cccc(Cl)c1)N1CCOCC1. The molecule has 0 aromatic heterocycles.